The Morgan fingerprint density at radius 3 is 2.74 bits per heavy atom. The molecule has 0 saturated carbocycles. The molecule has 0 bridgehead atoms. The zero-order valence-corrected chi connectivity index (χ0v) is 16.1. The Morgan fingerprint density at radius 1 is 1.22 bits per heavy atom. The highest BCUT2D eigenvalue weighted by Crippen LogP contribution is 2.39. The number of thiophene rings is 1. The second kappa shape index (κ2) is 7.19. The van der Waals surface area contributed by atoms with Gasteiger partial charge in [0.05, 0.1) is 11.6 Å². The average Bonchev–Trinajstić information content (AvgIpc) is 3.04. The largest absolute Gasteiger partial charge is 0.480 e. The molecule has 0 aliphatic heterocycles. The molecule has 0 spiro atoms. The SMILES string of the molecule is CC(C)[C@H](Nc1nc(-c2cnccn2)nc2sc3c(c12)CCCC3)C(=O)O. The van der Waals surface area contributed by atoms with E-state index in [1.807, 2.05) is 13.8 Å². The molecule has 1 aliphatic carbocycles. The third-order valence-electron chi connectivity index (χ3n) is 4.83. The van der Waals surface area contributed by atoms with Crippen molar-refractivity contribution in [1.82, 2.24) is 19.9 Å². The Balaban J connectivity index is 1.90. The predicted octanol–water partition coefficient (Wildman–Crippen LogP) is 3.55. The van der Waals surface area contributed by atoms with Crippen molar-refractivity contribution in [3.63, 3.8) is 0 Å². The number of hydrogen-bond donors (Lipinski definition) is 2. The van der Waals surface area contributed by atoms with Crippen LogP contribution in [0.4, 0.5) is 5.82 Å². The third kappa shape index (κ3) is 3.37. The van der Waals surface area contributed by atoms with Crippen LogP contribution in [0, 0.1) is 5.92 Å². The molecule has 0 aromatic carbocycles. The van der Waals surface area contributed by atoms with Crippen LogP contribution in [0.5, 0.6) is 0 Å². The van der Waals surface area contributed by atoms with Gasteiger partial charge in [0.2, 0.25) is 0 Å². The molecule has 3 heterocycles. The van der Waals surface area contributed by atoms with Gasteiger partial charge >= 0.3 is 5.97 Å². The van der Waals surface area contributed by atoms with Gasteiger partial charge in [-0.1, -0.05) is 13.8 Å². The molecule has 3 aromatic rings. The number of carboxylic acid groups (broad SMARTS) is 1. The van der Waals surface area contributed by atoms with Crippen LogP contribution in [-0.4, -0.2) is 37.1 Å². The zero-order chi connectivity index (χ0) is 19.0. The van der Waals surface area contributed by atoms with E-state index in [9.17, 15) is 9.90 Å². The minimum Gasteiger partial charge on any atom is -0.480 e. The van der Waals surface area contributed by atoms with E-state index in [1.54, 1.807) is 29.9 Å². The molecule has 140 valence electrons. The van der Waals surface area contributed by atoms with Crippen LogP contribution < -0.4 is 5.32 Å². The van der Waals surface area contributed by atoms with Gasteiger partial charge in [0, 0.05) is 17.3 Å². The van der Waals surface area contributed by atoms with Crippen LogP contribution in [0.25, 0.3) is 21.7 Å². The molecule has 4 rings (SSSR count). The predicted molar refractivity (Wildman–Crippen MR) is 105 cm³/mol. The second-order valence-corrected chi connectivity index (χ2v) is 8.17. The normalized spacial score (nSPS) is 14.9. The molecule has 2 N–H and O–H groups in total. The highest BCUT2D eigenvalue weighted by molar-refractivity contribution is 7.19. The van der Waals surface area contributed by atoms with Crippen molar-refractivity contribution in [1.29, 1.82) is 0 Å². The number of rotatable bonds is 5. The van der Waals surface area contributed by atoms with Gasteiger partial charge in [-0.3, -0.25) is 4.98 Å². The summed E-state index contributed by atoms with van der Waals surface area (Å²) >= 11 is 1.68. The van der Waals surface area contributed by atoms with E-state index >= 15 is 0 Å². The number of nitrogens with zero attached hydrogens (tertiary/aromatic N) is 4. The van der Waals surface area contributed by atoms with E-state index in [0.717, 1.165) is 29.5 Å². The van der Waals surface area contributed by atoms with Crippen molar-refractivity contribution >= 4 is 33.3 Å². The lowest BCUT2D eigenvalue weighted by atomic mass is 9.96. The third-order valence-corrected chi connectivity index (χ3v) is 6.02. The van der Waals surface area contributed by atoms with Crippen LogP contribution in [0.2, 0.25) is 0 Å². The number of aryl methyl sites for hydroxylation is 2. The molecular formula is C19H21N5O2S. The summed E-state index contributed by atoms with van der Waals surface area (Å²) in [5, 5.41) is 13.8. The van der Waals surface area contributed by atoms with Gasteiger partial charge in [-0.25, -0.2) is 19.7 Å². The molecule has 27 heavy (non-hydrogen) atoms. The highest BCUT2D eigenvalue weighted by Gasteiger charge is 2.26. The lowest BCUT2D eigenvalue weighted by Crippen LogP contribution is -2.34. The number of carboxylic acids is 1. The molecular weight excluding hydrogens is 362 g/mol. The molecule has 0 saturated heterocycles. The molecule has 3 aromatic heterocycles. The minimum atomic E-state index is -0.887. The van der Waals surface area contributed by atoms with E-state index in [-0.39, 0.29) is 5.92 Å². The molecule has 1 aliphatic rings. The van der Waals surface area contributed by atoms with Gasteiger partial charge in [0.1, 0.15) is 22.4 Å². The number of aromatic nitrogens is 4. The maximum atomic E-state index is 11.7. The van der Waals surface area contributed by atoms with Crippen molar-refractivity contribution in [3.05, 3.63) is 29.0 Å². The monoisotopic (exact) mass is 383 g/mol. The lowest BCUT2D eigenvalue weighted by molar-refractivity contribution is -0.138. The molecule has 0 unspecified atom stereocenters. The number of anilines is 1. The van der Waals surface area contributed by atoms with Crippen molar-refractivity contribution in [2.45, 2.75) is 45.6 Å². The fourth-order valence-corrected chi connectivity index (χ4v) is 4.71. The summed E-state index contributed by atoms with van der Waals surface area (Å²) < 4.78 is 0. The Hall–Kier alpha value is -2.61. The topological polar surface area (TPSA) is 101 Å². The molecule has 0 fully saturated rings. The van der Waals surface area contributed by atoms with Crippen molar-refractivity contribution in [2.24, 2.45) is 5.92 Å². The zero-order valence-electron chi connectivity index (χ0n) is 15.3. The average molecular weight is 383 g/mol. The Bertz CT molecular complexity index is 987. The molecule has 0 radical (unpaired) electrons. The summed E-state index contributed by atoms with van der Waals surface area (Å²) in [5.41, 5.74) is 1.84. The minimum absolute atomic E-state index is 0.0815. The first-order valence-electron chi connectivity index (χ1n) is 9.12. The molecule has 1 atom stereocenters. The van der Waals surface area contributed by atoms with Gasteiger partial charge in [0.25, 0.3) is 0 Å². The molecule has 8 heteroatoms. The first-order chi connectivity index (χ1) is 13.0. The van der Waals surface area contributed by atoms with Gasteiger partial charge < -0.3 is 10.4 Å². The summed E-state index contributed by atoms with van der Waals surface area (Å²) in [5.74, 6) is 0.0783. The van der Waals surface area contributed by atoms with Crippen molar-refractivity contribution in [3.8, 4) is 11.5 Å². The van der Waals surface area contributed by atoms with E-state index in [0.29, 0.717) is 17.3 Å². The van der Waals surface area contributed by atoms with Crippen LogP contribution in [0.15, 0.2) is 18.6 Å². The number of fused-ring (bicyclic) bond motifs is 3. The molecule has 0 amide bonds. The highest BCUT2D eigenvalue weighted by atomic mass is 32.1. The second-order valence-electron chi connectivity index (χ2n) is 7.08. The fourth-order valence-electron chi connectivity index (χ4n) is 3.45. The van der Waals surface area contributed by atoms with E-state index in [1.165, 1.54) is 16.9 Å². The standard InChI is InChI=1S/C19H21N5O2S/c1-10(2)15(19(25)26)22-17-14-11-5-3-4-6-13(11)27-18(14)24-16(23-17)12-9-20-7-8-21-12/h7-10,15H,3-6H2,1-2H3,(H,25,26)(H,22,23,24)/t15-/m0/s1. The van der Waals surface area contributed by atoms with E-state index < -0.39 is 12.0 Å². The summed E-state index contributed by atoms with van der Waals surface area (Å²) in [6, 6.07) is -0.725. The molecule has 7 nitrogen and oxygen atoms in total. The van der Waals surface area contributed by atoms with Crippen molar-refractivity contribution in [2.75, 3.05) is 5.32 Å². The summed E-state index contributed by atoms with van der Waals surface area (Å²) in [6.45, 7) is 3.77. The van der Waals surface area contributed by atoms with Crippen LogP contribution in [0.3, 0.4) is 0 Å². The van der Waals surface area contributed by atoms with Gasteiger partial charge in [0.15, 0.2) is 5.82 Å². The Morgan fingerprint density at radius 2 is 2.04 bits per heavy atom. The quantitative estimate of drug-likeness (QED) is 0.695. The van der Waals surface area contributed by atoms with Gasteiger partial charge in [-0.05, 0) is 37.2 Å². The summed E-state index contributed by atoms with van der Waals surface area (Å²) in [6.07, 6.45) is 9.16. The number of hydrogen-bond acceptors (Lipinski definition) is 7. The van der Waals surface area contributed by atoms with Crippen LogP contribution >= 0.6 is 11.3 Å². The Kier molecular flexibility index (Phi) is 4.73. The van der Waals surface area contributed by atoms with Gasteiger partial charge in [-0.2, -0.15) is 0 Å². The lowest BCUT2D eigenvalue weighted by Gasteiger charge is -2.20. The number of carbonyl (C=O) groups is 1. The Labute approximate surface area is 160 Å². The fraction of sp³-hybridized carbons (Fsp3) is 0.421. The smallest absolute Gasteiger partial charge is 0.326 e. The maximum absolute atomic E-state index is 11.7. The van der Waals surface area contributed by atoms with Crippen LogP contribution in [0.1, 0.15) is 37.1 Å². The first-order valence-corrected chi connectivity index (χ1v) is 9.94. The summed E-state index contributed by atoms with van der Waals surface area (Å²) in [7, 11) is 0. The first kappa shape index (κ1) is 17.8. The number of aliphatic carboxylic acids is 1. The van der Waals surface area contributed by atoms with Crippen molar-refractivity contribution < 1.29 is 9.90 Å². The number of nitrogens with one attached hydrogen (secondary N) is 1. The van der Waals surface area contributed by atoms with Crippen LogP contribution in [-0.2, 0) is 17.6 Å². The van der Waals surface area contributed by atoms with E-state index in [4.69, 9.17) is 4.98 Å². The van der Waals surface area contributed by atoms with E-state index in [2.05, 4.69) is 20.3 Å². The maximum Gasteiger partial charge on any atom is 0.326 e. The van der Waals surface area contributed by atoms with Gasteiger partial charge in [-0.15, -0.1) is 11.3 Å². The summed E-state index contributed by atoms with van der Waals surface area (Å²) in [4.78, 5) is 31.8.